The smallest absolute Gasteiger partial charge is 0.345 e. The zero-order valence-corrected chi connectivity index (χ0v) is 28.9. The molecule has 50 heavy (non-hydrogen) atoms. The average molecular weight is 731 g/mol. The molecular weight excluding hydrogens is 696 g/mol. The minimum atomic E-state index is -2.90. The van der Waals surface area contributed by atoms with Gasteiger partial charge in [-0.15, -0.1) is 11.3 Å². The maximum Gasteiger partial charge on any atom is 0.345 e. The van der Waals surface area contributed by atoms with E-state index in [9.17, 15) is 14.0 Å². The molecule has 3 fully saturated rings. The Morgan fingerprint density at radius 2 is 2.04 bits per heavy atom. The second kappa shape index (κ2) is 12.8. The second-order valence-corrected chi connectivity index (χ2v) is 15.3. The van der Waals surface area contributed by atoms with Gasteiger partial charge in [0.2, 0.25) is 0 Å². The maximum atomic E-state index is 17.3. The van der Waals surface area contributed by atoms with Gasteiger partial charge in [-0.3, -0.25) is 4.90 Å². The molecule has 4 atom stereocenters. The third-order valence-electron chi connectivity index (χ3n) is 10.9. The normalized spacial score (nSPS) is 25.0. The first-order valence-electron chi connectivity index (χ1n) is 16.9. The minimum absolute atomic E-state index is 0.0189. The number of nitrogen functional groups attached to an aromatic ring is 1. The molecule has 6 heterocycles. The Bertz CT molecular complexity index is 2040. The highest BCUT2D eigenvalue weighted by Crippen LogP contribution is 2.52. The molecule has 4 aliphatic rings. The summed E-state index contributed by atoms with van der Waals surface area (Å²) in [5.74, 6) is -0.716. The Kier molecular flexibility index (Phi) is 8.61. The van der Waals surface area contributed by atoms with Crippen molar-refractivity contribution in [3.8, 4) is 29.0 Å². The van der Waals surface area contributed by atoms with E-state index in [1.165, 1.54) is 12.1 Å². The standard InChI is InChI=1S/C35H35ClF4N6O3S/c1-17-12-35(8-3-9-45(35)14-17)16-49-34-43-28-25-29(47-11-7-22-18(15-48-33(39)40)4-2-10-46(22)32(25)44-34)26(36)24(27(28)38)19-5-6-21(37)30-23(19)20(13-41)31(42)50-30/h5-6,17-18,22,33H,2-4,7-12,14-16,42H2,1H3/t17-,18?,22?,35?/m1/s1. The van der Waals surface area contributed by atoms with Gasteiger partial charge in [-0.1, -0.05) is 24.6 Å². The fourth-order valence-corrected chi connectivity index (χ4v) is 10.2. The number of halogens is 5. The molecular formula is C35H35ClF4N6O3S. The molecule has 15 heteroatoms. The minimum Gasteiger partial charge on any atom is -0.491 e. The number of thiophene rings is 1. The quantitative estimate of drug-likeness (QED) is 0.191. The number of piperidine rings is 1. The van der Waals surface area contributed by atoms with Crippen molar-refractivity contribution in [2.45, 2.75) is 63.6 Å². The number of benzene rings is 2. The SMILES string of the molecule is C[C@H]1CN2CCCC2(COc2nc3c4c(c(Cl)c(-c5ccc(F)c6sc(N)c(C#N)c56)c(F)c4n2)OCCC2C(COC(F)F)CCCN32)C1. The Hall–Kier alpha value is -3.64. The summed E-state index contributed by atoms with van der Waals surface area (Å²) in [6.07, 6.45) is 4.74. The first kappa shape index (κ1) is 33.5. The third-order valence-corrected chi connectivity index (χ3v) is 12.3. The first-order chi connectivity index (χ1) is 24.1. The van der Waals surface area contributed by atoms with Gasteiger partial charge in [0.15, 0.2) is 11.6 Å². The summed E-state index contributed by atoms with van der Waals surface area (Å²) in [6.45, 7) is 2.10. The highest BCUT2D eigenvalue weighted by molar-refractivity contribution is 7.23. The second-order valence-electron chi connectivity index (χ2n) is 13.9. The molecule has 2 aromatic carbocycles. The van der Waals surface area contributed by atoms with Crippen molar-refractivity contribution in [1.29, 1.82) is 5.26 Å². The fraction of sp³-hybridized carbons (Fsp3) is 0.514. The number of nitriles is 1. The molecule has 9 nitrogen and oxygen atoms in total. The lowest BCUT2D eigenvalue weighted by molar-refractivity contribution is -0.141. The zero-order valence-electron chi connectivity index (χ0n) is 27.3. The van der Waals surface area contributed by atoms with Gasteiger partial charge in [-0.25, -0.2) is 8.78 Å². The van der Waals surface area contributed by atoms with Gasteiger partial charge in [0, 0.05) is 42.4 Å². The van der Waals surface area contributed by atoms with Crippen LogP contribution in [0.15, 0.2) is 12.1 Å². The lowest BCUT2D eigenvalue weighted by Gasteiger charge is -2.43. The molecule has 8 rings (SSSR count). The Morgan fingerprint density at radius 3 is 2.84 bits per heavy atom. The van der Waals surface area contributed by atoms with Crippen LogP contribution in [0.2, 0.25) is 5.02 Å². The number of nitrogens with zero attached hydrogens (tertiary/aromatic N) is 5. The average Bonchev–Trinajstić information content (AvgIpc) is 3.73. The van der Waals surface area contributed by atoms with Crippen LogP contribution in [-0.2, 0) is 4.74 Å². The summed E-state index contributed by atoms with van der Waals surface area (Å²) < 4.78 is 76.3. The van der Waals surface area contributed by atoms with Crippen molar-refractivity contribution in [2.24, 2.45) is 11.8 Å². The maximum absolute atomic E-state index is 17.3. The van der Waals surface area contributed by atoms with Crippen LogP contribution in [0.25, 0.3) is 32.1 Å². The van der Waals surface area contributed by atoms with Crippen LogP contribution in [0.5, 0.6) is 11.8 Å². The van der Waals surface area contributed by atoms with Crippen molar-refractivity contribution < 1.29 is 31.8 Å². The number of hydrogen-bond acceptors (Lipinski definition) is 10. The van der Waals surface area contributed by atoms with Gasteiger partial charge < -0.3 is 24.8 Å². The predicted molar refractivity (Wildman–Crippen MR) is 183 cm³/mol. The van der Waals surface area contributed by atoms with Crippen molar-refractivity contribution in [1.82, 2.24) is 14.9 Å². The van der Waals surface area contributed by atoms with Gasteiger partial charge in [0.05, 0.1) is 39.4 Å². The molecule has 2 aromatic heterocycles. The predicted octanol–water partition coefficient (Wildman–Crippen LogP) is 7.76. The van der Waals surface area contributed by atoms with Crippen LogP contribution in [0, 0.1) is 34.8 Å². The van der Waals surface area contributed by atoms with E-state index in [1.54, 1.807) is 0 Å². The van der Waals surface area contributed by atoms with Crippen LogP contribution in [0.1, 0.15) is 51.0 Å². The lowest BCUT2D eigenvalue weighted by atomic mass is 9.87. The molecule has 3 saturated heterocycles. The number of ether oxygens (including phenoxy) is 3. The van der Waals surface area contributed by atoms with E-state index >= 15 is 8.78 Å². The van der Waals surface area contributed by atoms with Crippen LogP contribution >= 0.6 is 22.9 Å². The number of nitrogens with two attached hydrogens (primary N) is 1. The molecule has 0 saturated carbocycles. The third kappa shape index (κ3) is 5.39. The van der Waals surface area contributed by atoms with E-state index in [2.05, 4.69) is 16.8 Å². The van der Waals surface area contributed by atoms with Gasteiger partial charge in [-0.05, 0) is 56.2 Å². The molecule has 2 N–H and O–H groups in total. The molecule has 4 aliphatic heterocycles. The topological polar surface area (TPSA) is 110 Å². The van der Waals surface area contributed by atoms with E-state index in [1.807, 2.05) is 11.0 Å². The Balaban J connectivity index is 1.33. The number of rotatable bonds is 7. The molecule has 0 bridgehead atoms. The zero-order chi connectivity index (χ0) is 34.9. The highest BCUT2D eigenvalue weighted by Gasteiger charge is 2.48. The number of anilines is 2. The number of hydrogen-bond donors (Lipinski definition) is 1. The van der Waals surface area contributed by atoms with Crippen LogP contribution in [-0.4, -0.2) is 72.5 Å². The largest absolute Gasteiger partial charge is 0.491 e. The summed E-state index contributed by atoms with van der Waals surface area (Å²) in [5, 5.41) is 10.3. The molecule has 4 aromatic rings. The summed E-state index contributed by atoms with van der Waals surface area (Å²) in [5.41, 5.74) is 5.89. The number of alkyl halides is 2. The van der Waals surface area contributed by atoms with Gasteiger partial charge >= 0.3 is 12.6 Å². The lowest BCUT2D eigenvalue weighted by Crippen LogP contribution is -2.49. The van der Waals surface area contributed by atoms with Crippen LogP contribution in [0.3, 0.4) is 0 Å². The van der Waals surface area contributed by atoms with E-state index in [4.69, 9.17) is 36.5 Å². The summed E-state index contributed by atoms with van der Waals surface area (Å²) in [4.78, 5) is 14.0. The molecule has 0 aliphatic carbocycles. The van der Waals surface area contributed by atoms with E-state index < -0.39 is 18.2 Å². The molecule has 3 unspecified atom stereocenters. The van der Waals surface area contributed by atoms with Crippen LogP contribution in [0.4, 0.5) is 28.4 Å². The Labute approximate surface area is 294 Å². The van der Waals surface area contributed by atoms with Gasteiger partial charge in [-0.2, -0.15) is 24.0 Å². The van der Waals surface area contributed by atoms with Gasteiger partial charge in [0.1, 0.15) is 34.8 Å². The summed E-state index contributed by atoms with van der Waals surface area (Å²) in [7, 11) is 0. The van der Waals surface area contributed by atoms with E-state index in [0.717, 1.165) is 43.7 Å². The van der Waals surface area contributed by atoms with E-state index in [0.29, 0.717) is 44.1 Å². The van der Waals surface area contributed by atoms with Gasteiger partial charge in [0.25, 0.3) is 0 Å². The molecule has 0 spiro atoms. The van der Waals surface area contributed by atoms with Crippen LogP contribution < -0.4 is 20.1 Å². The summed E-state index contributed by atoms with van der Waals surface area (Å²) in [6, 6.07) is 4.27. The van der Waals surface area contributed by atoms with E-state index in [-0.39, 0.29) is 90.2 Å². The molecule has 264 valence electrons. The molecule has 0 radical (unpaired) electrons. The number of fused-ring (bicyclic) bond motifs is 4. The van der Waals surface area contributed by atoms with Crippen molar-refractivity contribution in [3.05, 3.63) is 34.4 Å². The number of aromatic nitrogens is 2. The molecule has 0 amide bonds. The van der Waals surface area contributed by atoms with Crippen molar-refractivity contribution in [3.63, 3.8) is 0 Å². The monoisotopic (exact) mass is 730 g/mol. The summed E-state index contributed by atoms with van der Waals surface area (Å²) >= 11 is 7.97. The Morgan fingerprint density at radius 1 is 1.20 bits per heavy atom. The van der Waals surface area contributed by atoms with Crippen molar-refractivity contribution in [2.75, 3.05) is 50.1 Å². The first-order valence-corrected chi connectivity index (χ1v) is 18.1. The van der Waals surface area contributed by atoms with Crippen molar-refractivity contribution >= 4 is 54.7 Å². The fourth-order valence-electron chi connectivity index (χ4n) is 8.87. The highest BCUT2D eigenvalue weighted by atomic mass is 35.5.